The van der Waals surface area contributed by atoms with Crippen molar-refractivity contribution in [3.05, 3.63) is 88.2 Å². The first-order chi connectivity index (χ1) is 13.3. The fourth-order valence-electron chi connectivity index (χ4n) is 3.18. The van der Waals surface area contributed by atoms with E-state index in [0.29, 0.717) is 12.1 Å². The number of carbonyl (C=O) groups excluding carboxylic acids is 1. The molecule has 146 valence electrons. The third-order valence-electron chi connectivity index (χ3n) is 4.95. The number of hydrogen-bond donors (Lipinski definition) is 0. The van der Waals surface area contributed by atoms with Crippen LogP contribution in [0.4, 0.5) is 8.78 Å². The molecule has 28 heavy (non-hydrogen) atoms. The van der Waals surface area contributed by atoms with Gasteiger partial charge >= 0.3 is 0 Å². The molecule has 2 aromatic carbocycles. The molecule has 0 aliphatic rings. The molecule has 0 saturated heterocycles. The Morgan fingerprint density at radius 3 is 2.39 bits per heavy atom. The zero-order valence-corrected chi connectivity index (χ0v) is 16.4. The van der Waals surface area contributed by atoms with Crippen molar-refractivity contribution in [2.45, 2.75) is 33.4 Å². The minimum atomic E-state index is -0.599. The Hall–Kier alpha value is -3.02. The van der Waals surface area contributed by atoms with Crippen molar-refractivity contribution >= 4 is 5.91 Å². The molecule has 0 aliphatic carbocycles. The molecule has 0 spiro atoms. The molecule has 0 unspecified atom stereocenters. The van der Waals surface area contributed by atoms with Gasteiger partial charge in [0.25, 0.3) is 5.91 Å². The lowest BCUT2D eigenvalue weighted by Gasteiger charge is -2.26. The SMILES string of the molecule is Cc1cc(C)n(Cc2ccc(C(=O)N(C)[C@@H](C)c3cc(F)ccc3F)cc2)n1. The van der Waals surface area contributed by atoms with E-state index in [1.165, 1.54) is 4.90 Å². The van der Waals surface area contributed by atoms with Crippen molar-refractivity contribution < 1.29 is 13.6 Å². The van der Waals surface area contributed by atoms with Gasteiger partial charge in [0.15, 0.2) is 0 Å². The lowest BCUT2D eigenvalue weighted by Crippen LogP contribution is -2.30. The topological polar surface area (TPSA) is 38.1 Å². The van der Waals surface area contributed by atoms with Gasteiger partial charge < -0.3 is 4.90 Å². The molecule has 4 nitrogen and oxygen atoms in total. The Balaban J connectivity index is 1.74. The van der Waals surface area contributed by atoms with Crippen LogP contribution in [-0.2, 0) is 6.54 Å². The molecule has 1 atom stereocenters. The van der Waals surface area contributed by atoms with Crippen molar-refractivity contribution in [3.8, 4) is 0 Å². The predicted molar refractivity (Wildman–Crippen MR) is 104 cm³/mol. The highest BCUT2D eigenvalue weighted by Gasteiger charge is 2.22. The second kappa shape index (κ2) is 7.92. The second-order valence-electron chi connectivity index (χ2n) is 7.04. The van der Waals surface area contributed by atoms with E-state index >= 15 is 0 Å². The first-order valence-corrected chi connectivity index (χ1v) is 9.08. The molecular formula is C22H23F2N3O. The summed E-state index contributed by atoms with van der Waals surface area (Å²) in [5.74, 6) is -1.32. The Morgan fingerprint density at radius 2 is 1.79 bits per heavy atom. The van der Waals surface area contributed by atoms with Crippen LogP contribution in [0.2, 0.25) is 0 Å². The summed E-state index contributed by atoms with van der Waals surface area (Å²) < 4.78 is 29.4. The average molecular weight is 383 g/mol. The van der Waals surface area contributed by atoms with Gasteiger partial charge in [0.2, 0.25) is 0 Å². The first kappa shape index (κ1) is 19.7. The third kappa shape index (κ3) is 4.11. The van der Waals surface area contributed by atoms with Gasteiger partial charge in [-0.15, -0.1) is 0 Å². The highest BCUT2D eigenvalue weighted by molar-refractivity contribution is 5.94. The van der Waals surface area contributed by atoms with Crippen molar-refractivity contribution in [1.29, 1.82) is 0 Å². The molecule has 6 heteroatoms. The third-order valence-corrected chi connectivity index (χ3v) is 4.95. The van der Waals surface area contributed by atoms with Crippen LogP contribution in [-0.4, -0.2) is 27.6 Å². The van der Waals surface area contributed by atoms with Crippen LogP contribution in [0.5, 0.6) is 0 Å². The van der Waals surface area contributed by atoms with E-state index in [9.17, 15) is 13.6 Å². The monoisotopic (exact) mass is 383 g/mol. The highest BCUT2D eigenvalue weighted by Crippen LogP contribution is 2.24. The van der Waals surface area contributed by atoms with Crippen molar-refractivity contribution in [1.82, 2.24) is 14.7 Å². The Morgan fingerprint density at radius 1 is 1.11 bits per heavy atom. The molecular weight excluding hydrogens is 360 g/mol. The second-order valence-corrected chi connectivity index (χ2v) is 7.04. The Kier molecular flexibility index (Phi) is 5.58. The number of hydrogen-bond acceptors (Lipinski definition) is 2. The summed E-state index contributed by atoms with van der Waals surface area (Å²) in [4.78, 5) is 14.2. The van der Waals surface area contributed by atoms with Gasteiger partial charge in [-0.3, -0.25) is 9.48 Å². The van der Waals surface area contributed by atoms with E-state index < -0.39 is 17.7 Å². The summed E-state index contributed by atoms with van der Waals surface area (Å²) in [6.45, 7) is 6.24. The van der Waals surface area contributed by atoms with Gasteiger partial charge in [0.05, 0.1) is 18.3 Å². The predicted octanol–water partition coefficient (Wildman–Crippen LogP) is 4.66. The van der Waals surface area contributed by atoms with E-state index in [2.05, 4.69) is 5.10 Å². The molecule has 0 fully saturated rings. The van der Waals surface area contributed by atoms with Crippen LogP contribution >= 0.6 is 0 Å². The van der Waals surface area contributed by atoms with E-state index in [-0.39, 0.29) is 11.5 Å². The number of aryl methyl sites for hydroxylation is 2. The molecule has 1 amide bonds. The number of aromatic nitrogens is 2. The van der Waals surface area contributed by atoms with Gasteiger partial charge in [0.1, 0.15) is 11.6 Å². The van der Waals surface area contributed by atoms with Crippen LogP contribution in [0.1, 0.15) is 45.8 Å². The van der Waals surface area contributed by atoms with Crippen molar-refractivity contribution in [2.75, 3.05) is 7.05 Å². The zero-order chi connectivity index (χ0) is 20.4. The molecule has 1 aromatic heterocycles. The molecule has 3 aromatic rings. The minimum absolute atomic E-state index is 0.150. The molecule has 1 heterocycles. The molecule has 0 bridgehead atoms. The molecule has 0 radical (unpaired) electrons. The number of amides is 1. The maximum absolute atomic E-state index is 14.0. The van der Waals surface area contributed by atoms with Gasteiger partial charge in [0, 0.05) is 23.9 Å². The van der Waals surface area contributed by atoms with Crippen molar-refractivity contribution in [2.24, 2.45) is 0 Å². The number of rotatable bonds is 5. The standard InChI is InChI=1S/C22H23F2N3O/c1-14-11-15(2)27(25-14)13-17-5-7-18(8-6-17)22(28)26(4)16(3)20-12-19(23)9-10-21(20)24/h5-12,16H,13H2,1-4H3/t16-/m0/s1. The Labute approximate surface area is 163 Å². The highest BCUT2D eigenvalue weighted by atomic mass is 19.1. The summed E-state index contributed by atoms with van der Waals surface area (Å²) >= 11 is 0. The summed E-state index contributed by atoms with van der Waals surface area (Å²) in [5.41, 5.74) is 3.70. The lowest BCUT2D eigenvalue weighted by atomic mass is 10.0. The van der Waals surface area contributed by atoms with Gasteiger partial charge in [-0.1, -0.05) is 12.1 Å². The molecule has 0 aliphatic heterocycles. The van der Waals surface area contributed by atoms with Crippen LogP contribution in [0.15, 0.2) is 48.5 Å². The first-order valence-electron chi connectivity index (χ1n) is 9.08. The molecule has 3 rings (SSSR count). The van der Waals surface area contributed by atoms with Crippen LogP contribution in [0, 0.1) is 25.5 Å². The number of nitrogens with zero attached hydrogens (tertiary/aromatic N) is 3. The summed E-state index contributed by atoms with van der Waals surface area (Å²) in [5, 5.41) is 4.44. The van der Waals surface area contributed by atoms with E-state index in [1.54, 1.807) is 26.1 Å². The lowest BCUT2D eigenvalue weighted by molar-refractivity contribution is 0.0740. The fourth-order valence-corrected chi connectivity index (χ4v) is 3.18. The number of carbonyl (C=O) groups is 1. The van der Waals surface area contributed by atoms with Crippen LogP contribution < -0.4 is 0 Å². The van der Waals surface area contributed by atoms with Crippen molar-refractivity contribution in [3.63, 3.8) is 0 Å². The van der Waals surface area contributed by atoms with E-state index in [4.69, 9.17) is 0 Å². The number of benzene rings is 2. The van der Waals surface area contributed by atoms with Crippen LogP contribution in [0.3, 0.4) is 0 Å². The zero-order valence-electron chi connectivity index (χ0n) is 16.4. The fraction of sp³-hybridized carbons (Fsp3) is 0.273. The quantitative estimate of drug-likeness (QED) is 0.643. The summed E-state index contributed by atoms with van der Waals surface area (Å²) in [6, 6.07) is 11.9. The molecule has 0 N–H and O–H groups in total. The summed E-state index contributed by atoms with van der Waals surface area (Å²) in [6.07, 6.45) is 0. The number of halogens is 2. The van der Waals surface area contributed by atoms with Gasteiger partial charge in [-0.05, 0) is 62.7 Å². The summed E-state index contributed by atoms with van der Waals surface area (Å²) in [7, 11) is 1.58. The Bertz CT molecular complexity index is 996. The van der Waals surface area contributed by atoms with Crippen LogP contribution in [0.25, 0.3) is 0 Å². The minimum Gasteiger partial charge on any atom is -0.335 e. The van der Waals surface area contributed by atoms with Gasteiger partial charge in [-0.2, -0.15) is 5.10 Å². The maximum Gasteiger partial charge on any atom is 0.254 e. The average Bonchev–Trinajstić information content (AvgIpc) is 2.99. The van der Waals surface area contributed by atoms with E-state index in [1.807, 2.05) is 36.7 Å². The molecule has 0 saturated carbocycles. The normalized spacial score (nSPS) is 12.1. The maximum atomic E-state index is 14.0. The smallest absolute Gasteiger partial charge is 0.254 e. The van der Waals surface area contributed by atoms with E-state index in [0.717, 1.165) is 35.2 Å². The largest absolute Gasteiger partial charge is 0.335 e. The van der Waals surface area contributed by atoms with Gasteiger partial charge in [-0.25, -0.2) is 8.78 Å².